The number of ether oxygens (including phenoxy) is 2. The van der Waals surface area contributed by atoms with E-state index in [9.17, 15) is 9.59 Å². The third-order valence-corrected chi connectivity index (χ3v) is 7.21. The van der Waals surface area contributed by atoms with Crippen molar-refractivity contribution < 1.29 is 19.1 Å². The van der Waals surface area contributed by atoms with Crippen molar-refractivity contribution in [3.8, 4) is 5.75 Å². The fourth-order valence-electron chi connectivity index (χ4n) is 4.69. The van der Waals surface area contributed by atoms with Gasteiger partial charge in [-0.05, 0) is 54.1 Å². The first-order chi connectivity index (χ1) is 14.6. The van der Waals surface area contributed by atoms with Gasteiger partial charge in [0.2, 0.25) is 11.8 Å². The molecule has 1 fully saturated rings. The molecule has 0 aromatic heterocycles. The van der Waals surface area contributed by atoms with Gasteiger partial charge in [0, 0.05) is 44.6 Å². The fraction of sp³-hybridized carbons (Fsp3) is 0.545. The second kappa shape index (κ2) is 8.24. The summed E-state index contributed by atoms with van der Waals surface area (Å²) in [6, 6.07) is 6.05. The second-order valence-corrected chi connectivity index (χ2v) is 9.52. The molecule has 4 aliphatic rings. The van der Waals surface area contributed by atoms with Crippen molar-refractivity contribution in [1.82, 2.24) is 9.21 Å². The van der Waals surface area contributed by atoms with Crippen LogP contribution < -0.4 is 9.64 Å². The number of hydrogen-bond donors (Lipinski definition) is 0. The van der Waals surface area contributed by atoms with E-state index in [0.717, 1.165) is 62.0 Å². The van der Waals surface area contributed by atoms with Crippen LogP contribution in [-0.2, 0) is 14.3 Å². The topological polar surface area (TPSA) is 62.3 Å². The molecule has 160 valence electrons. The summed E-state index contributed by atoms with van der Waals surface area (Å²) in [7, 11) is 0. The normalized spacial score (nSPS) is 24.0. The van der Waals surface area contributed by atoms with Crippen LogP contribution in [0.15, 0.2) is 34.2 Å². The summed E-state index contributed by atoms with van der Waals surface area (Å²) >= 11 is 1.71. The van der Waals surface area contributed by atoms with Crippen molar-refractivity contribution in [1.29, 1.82) is 0 Å². The second-order valence-electron chi connectivity index (χ2n) is 8.35. The highest BCUT2D eigenvalue weighted by atomic mass is 32.2. The monoisotopic (exact) mass is 429 g/mol. The Kier molecular flexibility index (Phi) is 5.47. The highest BCUT2D eigenvalue weighted by molar-refractivity contribution is 7.97. The number of benzene rings is 1. The van der Waals surface area contributed by atoms with Gasteiger partial charge < -0.3 is 19.3 Å². The van der Waals surface area contributed by atoms with E-state index < -0.39 is 0 Å². The Morgan fingerprint density at radius 3 is 2.60 bits per heavy atom. The van der Waals surface area contributed by atoms with Gasteiger partial charge in [0.25, 0.3) is 0 Å². The van der Waals surface area contributed by atoms with Gasteiger partial charge in [0.05, 0.1) is 24.8 Å². The van der Waals surface area contributed by atoms with Crippen LogP contribution in [0.4, 0.5) is 5.69 Å². The van der Waals surface area contributed by atoms with Crippen LogP contribution in [0.25, 0.3) is 0 Å². The smallest absolute Gasteiger partial charge is 0.228 e. The van der Waals surface area contributed by atoms with Gasteiger partial charge >= 0.3 is 0 Å². The summed E-state index contributed by atoms with van der Waals surface area (Å²) in [5.74, 6) is 1.09. The van der Waals surface area contributed by atoms with Crippen LogP contribution in [0.2, 0.25) is 0 Å². The largest absolute Gasteiger partial charge is 0.490 e. The SMILES string of the molecule is CC(=O)N1CCOc2ccc(SN3CC4=C(C3)CN(C(=O)C3CCCOC3)C4)cc21. The number of amides is 2. The van der Waals surface area contributed by atoms with Crippen LogP contribution in [0, 0.1) is 5.92 Å². The third-order valence-electron chi connectivity index (χ3n) is 6.23. The summed E-state index contributed by atoms with van der Waals surface area (Å²) in [5.41, 5.74) is 3.60. The average molecular weight is 430 g/mol. The van der Waals surface area contributed by atoms with Crippen molar-refractivity contribution in [2.24, 2.45) is 5.92 Å². The van der Waals surface area contributed by atoms with Gasteiger partial charge in [0.15, 0.2) is 0 Å². The van der Waals surface area contributed by atoms with Crippen LogP contribution in [0.3, 0.4) is 0 Å². The van der Waals surface area contributed by atoms with E-state index in [-0.39, 0.29) is 17.7 Å². The molecule has 1 aromatic rings. The lowest BCUT2D eigenvalue weighted by molar-refractivity contribution is -0.138. The molecule has 2 amide bonds. The van der Waals surface area contributed by atoms with Crippen LogP contribution >= 0.6 is 11.9 Å². The zero-order valence-corrected chi connectivity index (χ0v) is 18.1. The molecule has 8 heteroatoms. The molecule has 1 unspecified atom stereocenters. The first-order valence-corrected chi connectivity index (χ1v) is 11.4. The third kappa shape index (κ3) is 3.84. The Labute approximate surface area is 181 Å². The minimum Gasteiger partial charge on any atom is -0.490 e. The zero-order chi connectivity index (χ0) is 20.7. The number of carbonyl (C=O) groups excluding carboxylic acids is 2. The molecule has 7 nitrogen and oxygen atoms in total. The lowest BCUT2D eigenvalue weighted by Gasteiger charge is -2.29. The first-order valence-electron chi connectivity index (χ1n) is 10.6. The van der Waals surface area contributed by atoms with Gasteiger partial charge in [-0.2, -0.15) is 0 Å². The number of anilines is 1. The van der Waals surface area contributed by atoms with Crippen LogP contribution in [-0.4, -0.2) is 73.6 Å². The molecule has 0 N–H and O–H groups in total. The van der Waals surface area contributed by atoms with Crippen LogP contribution in [0.1, 0.15) is 19.8 Å². The minimum atomic E-state index is 0.0335. The van der Waals surface area contributed by atoms with E-state index in [0.29, 0.717) is 19.8 Å². The summed E-state index contributed by atoms with van der Waals surface area (Å²) < 4.78 is 13.5. The molecule has 0 spiro atoms. The van der Waals surface area contributed by atoms with Gasteiger partial charge in [-0.1, -0.05) is 0 Å². The molecular formula is C22H27N3O4S. The van der Waals surface area contributed by atoms with Crippen molar-refractivity contribution in [2.45, 2.75) is 24.7 Å². The molecular weight excluding hydrogens is 402 g/mol. The number of carbonyl (C=O) groups is 2. The van der Waals surface area contributed by atoms with E-state index in [1.165, 1.54) is 11.1 Å². The molecule has 30 heavy (non-hydrogen) atoms. The Bertz CT molecular complexity index is 878. The van der Waals surface area contributed by atoms with Crippen LogP contribution in [0.5, 0.6) is 5.75 Å². The standard InChI is InChI=1S/C22H27N3O4S/c1-15(26)25-6-8-29-21-5-4-19(9-20(21)25)30-24-12-17-10-23(11-18(17)13-24)22(27)16-3-2-7-28-14-16/h4-5,9,16H,2-3,6-8,10-14H2,1H3. The number of rotatable bonds is 3. The van der Waals surface area contributed by atoms with Crippen molar-refractivity contribution in [3.05, 3.63) is 29.3 Å². The quantitative estimate of drug-likeness (QED) is 0.543. The fourth-order valence-corrected chi connectivity index (χ4v) is 5.72. The molecule has 5 rings (SSSR count). The predicted octanol–water partition coefficient (Wildman–Crippen LogP) is 2.32. The average Bonchev–Trinajstić information content (AvgIpc) is 3.32. The Morgan fingerprint density at radius 2 is 1.90 bits per heavy atom. The van der Waals surface area contributed by atoms with Crippen molar-refractivity contribution >= 4 is 29.4 Å². The van der Waals surface area contributed by atoms with Gasteiger partial charge in [-0.3, -0.25) is 9.59 Å². The molecule has 0 saturated carbocycles. The Balaban J connectivity index is 1.19. The summed E-state index contributed by atoms with van der Waals surface area (Å²) in [5, 5.41) is 0. The Morgan fingerprint density at radius 1 is 1.10 bits per heavy atom. The number of nitrogens with zero attached hydrogens (tertiary/aromatic N) is 3. The van der Waals surface area contributed by atoms with Crippen molar-refractivity contribution in [2.75, 3.05) is 57.4 Å². The molecule has 0 radical (unpaired) electrons. The lowest BCUT2D eigenvalue weighted by atomic mass is 10.0. The molecule has 1 aromatic carbocycles. The lowest BCUT2D eigenvalue weighted by Crippen LogP contribution is -2.40. The molecule has 4 aliphatic heterocycles. The highest BCUT2D eigenvalue weighted by Gasteiger charge is 2.35. The van der Waals surface area contributed by atoms with Gasteiger partial charge in [-0.15, -0.1) is 0 Å². The van der Waals surface area contributed by atoms with E-state index in [1.807, 2.05) is 17.0 Å². The molecule has 1 atom stereocenters. The van der Waals surface area contributed by atoms with Gasteiger partial charge in [-0.25, -0.2) is 4.31 Å². The number of fused-ring (bicyclic) bond motifs is 1. The maximum atomic E-state index is 12.8. The first kappa shape index (κ1) is 19.9. The molecule has 0 aliphatic carbocycles. The summed E-state index contributed by atoms with van der Waals surface area (Å²) in [6.45, 7) is 7.30. The van der Waals surface area contributed by atoms with E-state index >= 15 is 0 Å². The maximum absolute atomic E-state index is 12.8. The zero-order valence-electron chi connectivity index (χ0n) is 17.3. The van der Waals surface area contributed by atoms with Crippen molar-refractivity contribution in [3.63, 3.8) is 0 Å². The summed E-state index contributed by atoms with van der Waals surface area (Å²) in [4.78, 5) is 29.6. The van der Waals surface area contributed by atoms with E-state index in [1.54, 1.807) is 23.8 Å². The maximum Gasteiger partial charge on any atom is 0.228 e. The van der Waals surface area contributed by atoms with E-state index in [2.05, 4.69) is 10.4 Å². The minimum absolute atomic E-state index is 0.0335. The molecule has 4 heterocycles. The van der Waals surface area contributed by atoms with E-state index in [4.69, 9.17) is 9.47 Å². The highest BCUT2D eigenvalue weighted by Crippen LogP contribution is 2.39. The molecule has 1 saturated heterocycles. The summed E-state index contributed by atoms with van der Waals surface area (Å²) in [6.07, 6.45) is 1.93. The predicted molar refractivity (Wildman–Crippen MR) is 115 cm³/mol. The number of hydrogen-bond acceptors (Lipinski definition) is 6. The van der Waals surface area contributed by atoms with Gasteiger partial charge in [0.1, 0.15) is 12.4 Å². The molecule has 0 bridgehead atoms. The Hall–Kier alpha value is -2.03.